The van der Waals surface area contributed by atoms with E-state index in [0.717, 1.165) is 43.4 Å². The minimum Gasteiger partial charge on any atom is -0.350 e. The SMILES string of the molecule is O=C(NCCCN1CCC(N2CCCCC2)CC1)c1nnc(C(=O)Nc2ccc(F)cc2)s1. The molecule has 2 amide bonds. The average Bonchev–Trinajstić information content (AvgIpc) is 3.35. The predicted molar refractivity (Wildman–Crippen MR) is 126 cm³/mol. The fourth-order valence-corrected chi connectivity index (χ4v) is 5.15. The lowest BCUT2D eigenvalue weighted by Gasteiger charge is -2.40. The summed E-state index contributed by atoms with van der Waals surface area (Å²) in [4.78, 5) is 29.8. The summed E-state index contributed by atoms with van der Waals surface area (Å²) in [5.41, 5.74) is 0.447. The van der Waals surface area contributed by atoms with Crippen LogP contribution in [-0.4, -0.2) is 77.1 Å². The van der Waals surface area contributed by atoms with Crippen LogP contribution in [0.2, 0.25) is 0 Å². The second kappa shape index (κ2) is 11.6. The molecule has 2 aromatic rings. The number of anilines is 1. The Kier molecular flexibility index (Phi) is 8.35. The molecule has 2 N–H and O–H groups in total. The Morgan fingerprint density at radius 2 is 1.64 bits per heavy atom. The first-order valence-corrected chi connectivity index (χ1v) is 12.5. The molecule has 1 aromatic heterocycles. The van der Waals surface area contributed by atoms with Gasteiger partial charge in [0.1, 0.15) is 5.82 Å². The number of amides is 2. The van der Waals surface area contributed by atoms with Crippen LogP contribution in [0.5, 0.6) is 0 Å². The molecule has 0 radical (unpaired) electrons. The van der Waals surface area contributed by atoms with E-state index in [9.17, 15) is 14.0 Å². The summed E-state index contributed by atoms with van der Waals surface area (Å²) in [5, 5.41) is 13.4. The lowest BCUT2D eigenvalue weighted by molar-refractivity contribution is 0.0902. The second-order valence-electron chi connectivity index (χ2n) is 8.65. The van der Waals surface area contributed by atoms with Crippen LogP contribution in [0.1, 0.15) is 58.1 Å². The quantitative estimate of drug-likeness (QED) is 0.572. The molecular weight excluding hydrogens is 443 g/mol. The molecule has 2 aliphatic heterocycles. The first-order valence-electron chi connectivity index (χ1n) is 11.7. The maximum Gasteiger partial charge on any atom is 0.286 e. The van der Waals surface area contributed by atoms with Crippen molar-refractivity contribution in [2.45, 2.75) is 44.6 Å². The van der Waals surface area contributed by atoms with Gasteiger partial charge in [0.25, 0.3) is 11.8 Å². The Labute approximate surface area is 197 Å². The number of likely N-dealkylation sites (tertiary alicyclic amines) is 2. The molecular formula is C23H31FN6O2S. The topological polar surface area (TPSA) is 90.5 Å². The van der Waals surface area contributed by atoms with Crippen molar-refractivity contribution in [2.24, 2.45) is 0 Å². The number of benzene rings is 1. The van der Waals surface area contributed by atoms with E-state index >= 15 is 0 Å². The largest absolute Gasteiger partial charge is 0.350 e. The Hall–Kier alpha value is -2.43. The zero-order valence-corrected chi connectivity index (χ0v) is 19.6. The van der Waals surface area contributed by atoms with Crippen molar-refractivity contribution in [3.05, 3.63) is 40.1 Å². The Bertz CT molecular complexity index is 923. The van der Waals surface area contributed by atoms with E-state index in [2.05, 4.69) is 30.6 Å². The molecule has 0 bridgehead atoms. The smallest absolute Gasteiger partial charge is 0.286 e. The number of halogens is 1. The third-order valence-corrected chi connectivity index (χ3v) is 7.24. The minimum absolute atomic E-state index is 0.0843. The van der Waals surface area contributed by atoms with Crippen molar-refractivity contribution in [1.82, 2.24) is 25.3 Å². The summed E-state index contributed by atoms with van der Waals surface area (Å²) >= 11 is 0.936. The Morgan fingerprint density at radius 1 is 0.970 bits per heavy atom. The van der Waals surface area contributed by atoms with Gasteiger partial charge in [-0.05, 0) is 89.1 Å². The van der Waals surface area contributed by atoms with Crippen LogP contribution < -0.4 is 10.6 Å². The average molecular weight is 475 g/mol. The molecule has 178 valence electrons. The maximum atomic E-state index is 13.0. The summed E-state index contributed by atoms with van der Waals surface area (Å²) < 4.78 is 13.0. The zero-order chi connectivity index (χ0) is 23.0. The standard InChI is InChI=1S/C23H31FN6O2S/c24-17-5-7-18(8-6-17)26-21(32)23-28-27-22(33-23)20(31)25-11-4-12-29-15-9-19(10-16-29)30-13-2-1-3-14-30/h5-8,19H,1-4,9-16H2,(H,25,31)(H,26,32). The van der Waals surface area contributed by atoms with Gasteiger partial charge in [-0.2, -0.15) is 0 Å². The number of hydrogen-bond acceptors (Lipinski definition) is 7. The number of aromatic nitrogens is 2. The van der Waals surface area contributed by atoms with Gasteiger partial charge in [-0.25, -0.2) is 4.39 Å². The number of carbonyl (C=O) groups excluding carboxylic acids is 2. The van der Waals surface area contributed by atoms with Gasteiger partial charge in [-0.3, -0.25) is 9.59 Å². The number of nitrogens with zero attached hydrogens (tertiary/aromatic N) is 4. The van der Waals surface area contributed by atoms with Gasteiger partial charge in [0.05, 0.1) is 0 Å². The highest BCUT2D eigenvalue weighted by molar-refractivity contribution is 7.15. The van der Waals surface area contributed by atoms with Crippen molar-refractivity contribution in [3.8, 4) is 0 Å². The van der Waals surface area contributed by atoms with E-state index in [1.807, 2.05) is 0 Å². The molecule has 2 saturated heterocycles. The molecule has 1 aromatic carbocycles. The lowest BCUT2D eigenvalue weighted by atomic mass is 10.00. The highest BCUT2D eigenvalue weighted by Crippen LogP contribution is 2.21. The summed E-state index contributed by atoms with van der Waals surface area (Å²) in [5.74, 6) is -1.19. The van der Waals surface area contributed by atoms with E-state index in [0.29, 0.717) is 12.2 Å². The van der Waals surface area contributed by atoms with Crippen LogP contribution in [0.25, 0.3) is 0 Å². The molecule has 10 heteroatoms. The van der Waals surface area contributed by atoms with Crippen molar-refractivity contribution in [2.75, 3.05) is 44.6 Å². The highest BCUT2D eigenvalue weighted by Gasteiger charge is 2.25. The Balaban J connectivity index is 1.14. The van der Waals surface area contributed by atoms with E-state index in [4.69, 9.17) is 0 Å². The number of piperidine rings is 2. The number of hydrogen-bond donors (Lipinski definition) is 2. The molecule has 0 saturated carbocycles. The molecule has 0 atom stereocenters. The summed E-state index contributed by atoms with van der Waals surface area (Å²) in [6.07, 6.45) is 7.41. The van der Waals surface area contributed by atoms with Crippen LogP contribution in [0.15, 0.2) is 24.3 Å². The van der Waals surface area contributed by atoms with E-state index in [1.54, 1.807) is 0 Å². The Morgan fingerprint density at radius 3 is 2.33 bits per heavy atom. The van der Waals surface area contributed by atoms with Crippen molar-refractivity contribution >= 4 is 28.8 Å². The first-order chi connectivity index (χ1) is 16.1. The van der Waals surface area contributed by atoms with E-state index in [1.165, 1.54) is 69.5 Å². The zero-order valence-electron chi connectivity index (χ0n) is 18.8. The number of rotatable bonds is 8. The van der Waals surface area contributed by atoms with Gasteiger partial charge >= 0.3 is 0 Å². The molecule has 33 heavy (non-hydrogen) atoms. The van der Waals surface area contributed by atoms with Crippen LogP contribution in [-0.2, 0) is 0 Å². The predicted octanol–water partition coefficient (Wildman–Crippen LogP) is 3.00. The van der Waals surface area contributed by atoms with Gasteiger partial charge in [0.2, 0.25) is 10.0 Å². The first kappa shape index (κ1) is 23.7. The van der Waals surface area contributed by atoms with Gasteiger partial charge in [0.15, 0.2) is 0 Å². The lowest BCUT2D eigenvalue weighted by Crippen LogP contribution is -2.47. The summed E-state index contributed by atoms with van der Waals surface area (Å²) in [6.45, 7) is 6.29. The fourth-order valence-electron chi connectivity index (χ4n) is 4.50. The molecule has 2 aliphatic rings. The summed E-state index contributed by atoms with van der Waals surface area (Å²) in [7, 11) is 0. The summed E-state index contributed by atoms with van der Waals surface area (Å²) in [6, 6.07) is 6.17. The molecule has 0 aliphatic carbocycles. The van der Waals surface area contributed by atoms with Crippen LogP contribution in [0.4, 0.5) is 10.1 Å². The number of nitrogens with one attached hydrogen (secondary N) is 2. The van der Waals surface area contributed by atoms with Crippen LogP contribution in [0.3, 0.4) is 0 Å². The van der Waals surface area contributed by atoms with E-state index in [-0.39, 0.29) is 21.7 Å². The van der Waals surface area contributed by atoms with Crippen molar-refractivity contribution in [3.63, 3.8) is 0 Å². The van der Waals surface area contributed by atoms with Gasteiger partial charge in [-0.15, -0.1) is 10.2 Å². The number of carbonyl (C=O) groups is 2. The third kappa shape index (κ3) is 6.78. The fraction of sp³-hybridized carbons (Fsp3) is 0.565. The monoisotopic (exact) mass is 474 g/mol. The molecule has 0 unspecified atom stereocenters. The molecule has 2 fully saturated rings. The van der Waals surface area contributed by atoms with Crippen molar-refractivity contribution in [1.29, 1.82) is 0 Å². The normalized spacial score (nSPS) is 18.2. The van der Waals surface area contributed by atoms with Crippen LogP contribution >= 0.6 is 11.3 Å². The minimum atomic E-state index is -0.480. The van der Waals surface area contributed by atoms with Gasteiger partial charge < -0.3 is 20.4 Å². The molecule has 4 rings (SSSR count). The highest BCUT2D eigenvalue weighted by atomic mass is 32.1. The molecule has 0 spiro atoms. The van der Waals surface area contributed by atoms with Gasteiger partial charge in [0, 0.05) is 18.3 Å². The molecule has 8 nitrogen and oxygen atoms in total. The van der Waals surface area contributed by atoms with E-state index < -0.39 is 5.91 Å². The maximum absolute atomic E-state index is 13.0. The second-order valence-corrected chi connectivity index (χ2v) is 9.63. The molecule has 3 heterocycles. The third-order valence-electron chi connectivity index (χ3n) is 6.32. The van der Waals surface area contributed by atoms with Crippen molar-refractivity contribution < 1.29 is 14.0 Å². The van der Waals surface area contributed by atoms with Crippen LogP contribution in [0, 0.1) is 5.82 Å². The van der Waals surface area contributed by atoms with Gasteiger partial charge in [-0.1, -0.05) is 17.8 Å².